The highest BCUT2D eigenvalue weighted by Crippen LogP contribution is 2.49. The molecule has 3 aromatic rings. The average molecular weight is 328 g/mol. The molecule has 0 fully saturated rings. The Morgan fingerprint density at radius 3 is 1.96 bits per heavy atom. The molecule has 1 nitrogen and oxygen atoms in total. The first-order valence-electron chi connectivity index (χ1n) is 9.09. The van der Waals surface area contributed by atoms with E-state index in [1.807, 2.05) is 37.3 Å². The fourth-order valence-corrected chi connectivity index (χ4v) is 4.38. The second-order valence-corrected chi connectivity index (χ2v) is 7.24. The molecule has 0 saturated heterocycles. The number of benzene rings is 3. The molecule has 25 heavy (non-hydrogen) atoms. The van der Waals surface area contributed by atoms with E-state index >= 15 is 0 Å². The zero-order chi connectivity index (χ0) is 17.3. The summed E-state index contributed by atoms with van der Waals surface area (Å²) in [5, 5.41) is 11.4. The molecule has 1 heteroatoms. The monoisotopic (exact) mass is 328 g/mol. The van der Waals surface area contributed by atoms with Crippen LogP contribution < -0.4 is 0 Å². The summed E-state index contributed by atoms with van der Waals surface area (Å²) >= 11 is 0. The highest BCUT2D eigenvalue weighted by atomic mass is 16.3. The lowest BCUT2D eigenvalue weighted by Crippen LogP contribution is -2.33. The summed E-state index contributed by atoms with van der Waals surface area (Å²) < 4.78 is 0. The van der Waals surface area contributed by atoms with Gasteiger partial charge in [-0.05, 0) is 42.0 Å². The SMILES string of the molecule is CC(O)(c1ccccc1)C1CCC(c2ccccc2)c2ccccc21. The van der Waals surface area contributed by atoms with E-state index in [4.69, 9.17) is 0 Å². The first kappa shape index (κ1) is 16.1. The summed E-state index contributed by atoms with van der Waals surface area (Å²) in [6.07, 6.45) is 2.05. The van der Waals surface area contributed by atoms with E-state index in [-0.39, 0.29) is 5.92 Å². The third-order valence-electron chi connectivity index (χ3n) is 5.73. The molecule has 0 radical (unpaired) electrons. The Kier molecular flexibility index (Phi) is 4.19. The first-order valence-corrected chi connectivity index (χ1v) is 9.09. The molecule has 126 valence electrons. The fraction of sp³-hybridized carbons (Fsp3) is 0.250. The molecule has 1 N–H and O–H groups in total. The molecule has 1 aliphatic rings. The molecule has 0 bridgehead atoms. The molecule has 0 saturated carbocycles. The summed E-state index contributed by atoms with van der Waals surface area (Å²) in [5.74, 6) is 0.534. The van der Waals surface area contributed by atoms with Crippen molar-refractivity contribution in [1.82, 2.24) is 0 Å². The first-order chi connectivity index (χ1) is 12.2. The minimum Gasteiger partial charge on any atom is -0.385 e. The van der Waals surface area contributed by atoms with Crippen molar-refractivity contribution < 1.29 is 5.11 Å². The molecule has 4 rings (SSSR count). The van der Waals surface area contributed by atoms with E-state index in [9.17, 15) is 5.11 Å². The number of hydrogen-bond acceptors (Lipinski definition) is 1. The molecule has 3 unspecified atom stereocenters. The van der Waals surface area contributed by atoms with E-state index in [2.05, 4.69) is 54.6 Å². The lowest BCUT2D eigenvalue weighted by atomic mass is 9.67. The van der Waals surface area contributed by atoms with Gasteiger partial charge in [-0.25, -0.2) is 0 Å². The van der Waals surface area contributed by atoms with Gasteiger partial charge in [0.1, 0.15) is 0 Å². The van der Waals surface area contributed by atoms with Gasteiger partial charge in [0.05, 0.1) is 5.60 Å². The zero-order valence-corrected chi connectivity index (χ0v) is 14.6. The van der Waals surface area contributed by atoms with Crippen LogP contribution >= 0.6 is 0 Å². The van der Waals surface area contributed by atoms with E-state index in [0.717, 1.165) is 18.4 Å². The van der Waals surface area contributed by atoms with Crippen molar-refractivity contribution in [1.29, 1.82) is 0 Å². The van der Waals surface area contributed by atoms with Crippen molar-refractivity contribution in [2.75, 3.05) is 0 Å². The minimum absolute atomic E-state index is 0.117. The van der Waals surface area contributed by atoms with Crippen LogP contribution in [-0.4, -0.2) is 5.11 Å². The van der Waals surface area contributed by atoms with Crippen LogP contribution in [0.2, 0.25) is 0 Å². The number of aliphatic hydroxyl groups is 1. The predicted molar refractivity (Wildman–Crippen MR) is 103 cm³/mol. The lowest BCUT2D eigenvalue weighted by Gasteiger charge is -2.40. The molecular weight excluding hydrogens is 304 g/mol. The van der Waals surface area contributed by atoms with Gasteiger partial charge in [0.25, 0.3) is 0 Å². The van der Waals surface area contributed by atoms with Gasteiger partial charge in [-0.3, -0.25) is 0 Å². The van der Waals surface area contributed by atoms with Crippen molar-refractivity contribution in [2.24, 2.45) is 0 Å². The van der Waals surface area contributed by atoms with E-state index in [1.165, 1.54) is 16.7 Å². The van der Waals surface area contributed by atoms with E-state index < -0.39 is 5.60 Å². The molecule has 0 heterocycles. The highest BCUT2D eigenvalue weighted by Gasteiger charge is 2.39. The molecule has 1 aliphatic carbocycles. The van der Waals surface area contributed by atoms with Gasteiger partial charge in [0, 0.05) is 11.8 Å². The Hall–Kier alpha value is -2.38. The fourth-order valence-electron chi connectivity index (χ4n) is 4.38. The van der Waals surface area contributed by atoms with Crippen molar-refractivity contribution in [3.63, 3.8) is 0 Å². The third kappa shape index (κ3) is 2.89. The third-order valence-corrected chi connectivity index (χ3v) is 5.73. The van der Waals surface area contributed by atoms with Gasteiger partial charge in [-0.2, -0.15) is 0 Å². The van der Waals surface area contributed by atoms with E-state index in [0.29, 0.717) is 5.92 Å². The van der Waals surface area contributed by atoms with Gasteiger partial charge < -0.3 is 5.11 Å². The Labute approximate surface area is 150 Å². The van der Waals surface area contributed by atoms with Crippen LogP contribution in [0.1, 0.15) is 53.9 Å². The average Bonchev–Trinajstić information content (AvgIpc) is 2.68. The normalized spacial score (nSPS) is 22.0. The summed E-state index contributed by atoms with van der Waals surface area (Å²) in [5.41, 5.74) is 4.15. The number of fused-ring (bicyclic) bond motifs is 1. The number of hydrogen-bond donors (Lipinski definition) is 1. The van der Waals surface area contributed by atoms with Gasteiger partial charge in [0.2, 0.25) is 0 Å². The smallest absolute Gasteiger partial charge is 0.0936 e. The van der Waals surface area contributed by atoms with Crippen molar-refractivity contribution in [2.45, 2.75) is 37.2 Å². The van der Waals surface area contributed by atoms with Crippen LogP contribution in [-0.2, 0) is 5.60 Å². The Balaban J connectivity index is 1.77. The van der Waals surface area contributed by atoms with Gasteiger partial charge in [-0.1, -0.05) is 84.9 Å². The zero-order valence-electron chi connectivity index (χ0n) is 14.6. The Morgan fingerprint density at radius 2 is 1.28 bits per heavy atom. The largest absolute Gasteiger partial charge is 0.385 e. The summed E-state index contributed by atoms with van der Waals surface area (Å²) in [6, 6.07) is 29.5. The number of rotatable bonds is 3. The Bertz CT molecular complexity index is 836. The van der Waals surface area contributed by atoms with E-state index in [1.54, 1.807) is 0 Å². The van der Waals surface area contributed by atoms with Gasteiger partial charge >= 0.3 is 0 Å². The molecule has 0 aliphatic heterocycles. The van der Waals surface area contributed by atoms with Crippen molar-refractivity contribution in [3.05, 3.63) is 107 Å². The molecule has 0 aromatic heterocycles. The van der Waals surface area contributed by atoms with Crippen LogP contribution in [0.15, 0.2) is 84.9 Å². The highest BCUT2D eigenvalue weighted by molar-refractivity contribution is 5.44. The Morgan fingerprint density at radius 1 is 0.720 bits per heavy atom. The molecule has 3 aromatic carbocycles. The summed E-state index contributed by atoms with van der Waals surface area (Å²) in [6.45, 7) is 1.96. The topological polar surface area (TPSA) is 20.2 Å². The van der Waals surface area contributed by atoms with Gasteiger partial charge in [0.15, 0.2) is 0 Å². The van der Waals surface area contributed by atoms with Crippen LogP contribution in [0.3, 0.4) is 0 Å². The predicted octanol–water partition coefficient (Wildman–Crippen LogP) is 5.60. The summed E-state index contributed by atoms with van der Waals surface area (Å²) in [4.78, 5) is 0. The van der Waals surface area contributed by atoms with Crippen molar-refractivity contribution in [3.8, 4) is 0 Å². The van der Waals surface area contributed by atoms with Crippen LogP contribution in [0.5, 0.6) is 0 Å². The standard InChI is InChI=1S/C24H24O/c1-24(25,19-12-6-3-7-13-19)23-17-16-20(18-10-4-2-5-11-18)21-14-8-9-15-22(21)23/h2-15,20,23,25H,16-17H2,1H3. The van der Waals surface area contributed by atoms with Crippen LogP contribution in [0.4, 0.5) is 0 Å². The quantitative estimate of drug-likeness (QED) is 0.663. The molecule has 0 spiro atoms. The molecule has 0 amide bonds. The summed E-state index contributed by atoms with van der Waals surface area (Å²) in [7, 11) is 0. The van der Waals surface area contributed by atoms with Crippen LogP contribution in [0, 0.1) is 0 Å². The second-order valence-electron chi connectivity index (χ2n) is 7.24. The minimum atomic E-state index is -0.862. The van der Waals surface area contributed by atoms with Crippen molar-refractivity contribution >= 4 is 0 Å². The molecular formula is C24H24O. The molecule has 3 atom stereocenters. The van der Waals surface area contributed by atoms with Crippen LogP contribution in [0.25, 0.3) is 0 Å². The maximum atomic E-state index is 11.4. The van der Waals surface area contributed by atoms with Gasteiger partial charge in [-0.15, -0.1) is 0 Å². The second kappa shape index (κ2) is 6.50. The maximum Gasteiger partial charge on any atom is 0.0936 e. The maximum absolute atomic E-state index is 11.4. The lowest BCUT2D eigenvalue weighted by molar-refractivity contribution is 0.0197.